The standard InChI is InChI=1S/C21H21NO3/c1-3-15-13-19(21(24)25-2)22(14-15)20(23)18-11-9-17(10-12-18)16-7-5-4-6-8-16/h3-12,15,19H,1,13-14H2,2H3/t15?,19-/m0/s1. The van der Waals surface area contributed by atoms with Crippen molar-refractivity contribution in [3.63, 3.8) is 0 Å². The molecule has 2 aromatic rings. The highest BCUT2D eigenvalue weighted by molar-refractivity contribution is 5.97. The highest BCUT2D eigenvalue weighted by atomic mass is 16.5. The third-order valence-electron chi connectivity index (χ3n) is 4.64. The van der Waals surface area contributed by atoms with Crippen LogP contribution >= 0.6 is 0 Å². The summed E-state index contributed by atoms with van der Waals surface area (Å²) >= 11 is 0. The predicted molar refractivity (Wildman–Crippen MR) is 97.0 cm³/mol. The number of carbonyl (C=O) groups excluding carboxylic acids is 2. The molecule has 4 heteroatoms. The Balaban J connectivity index is 1.82. The van der Waals surface area contributed by atoms with Crippen molar-refractivity contribution < 1.29 is 14.3 Å². The van der Waals surface area contributed by atoms with Gasteiger partial charge in [-0.05, 0) is 35.6 Å². The number of nitrogens with zero attached hydrogens (tertiary/aromatic N) is 1. The molecule has 128 valence electrons. The summed E-state index contributed by atoms with van der Waals surface area (Å²) in [6, 6.07) is 16.9. The SMILES string of the molecule is C=CC1C[C@@H](C(=O)OC)N(C(=O)c2ccc(-c3ccccc3)cc2)C1. The molecule has 1 aliphatic rings. The molecule has 0 bridgehead atoms. The molecule has 1 heterocycles. The van der Waals surface area contributed by atoms with Crippen LogP contribution in [0.1, 0.15) is 16.8 Å². The smallest absolute Gasteiger partial charge is 0.328 e. The number of hydrogen-bond acceptors (Lipinski definition) is 3. The van der Waals surface area contributed by atoms with Crippen molar-refractivity contribution in [3.8, 4) is 11.1 Å². The van der Waals surface area contributed by atoms with Crippen LogP contribution in [-0.2, 0) is 9.53 Å². The second-order valence-electron chi connectivity index (χ2n) is 6.17. The van der Waals surface area contributed by atoms with Gasteiger partial charge in [-0.25, -0.2) is 4.79 Å². The minimum absolute atomic E-state index is 0.108. The molecule has 1 aliphatic heterocycles. The van der Waals surface area contributed by atoms with E-state index in [1.807, 2.05) is 42.5 Å². The largest absolute Gasteiger partial charge is 0.467 e. The average molecular weight is 335 g/mol. The van der Waals surface area contributed by atoms with Crippen LogP contribution in [0.4, 0.5) is 0 Å². The fourth-order valence-corrected chi connectivity index (χ4v) is 3.22. The first kappa shape index (κ1) is 17.0. The fourth-order valence-electron chi connectivity index (χ4n) is 3.22. The zero-order valence-electron chi connectivity index (χ0n) is 14.2. The van der Waals surface area contributed by atoms with Gasteiger partial charge in [-0.15, -0.1) is 6.58 Å². The summed E-state index contributed by atoms with van der Waals surface area (Å²) in [4.78, 5) is 26.5. The molecule has 1 amide bonds. The first-order valence-corrected chi connectivity index (χ1v) is 8.31. The summed E-state index contributed by atoms with van der Waals surface area (Å²) in [6.07, 6.45) is 2.35. The van der Waals surface area contributed by atoms with Crippen LogP contribution < -0.4 is 0 Å². The highest BCUT2D eigenvalue weighted by Crippen LogP contribution is 2.27. The Labute approximate surface area is 147 Å². The number of ether oxygens (including phenoxy) is 1. The molecule has 2 atom stereocenters. The Morgan fingerprint density at radius 3 is 2.32 bits per heavy atom. The number of amides is 1. The van der Waals surface area contributed by atoms with Crippen LogP contribution in [-0.4, -0.2) is 36.5 Å². The van der Waals surface area contributed by atoms with Gasteiger partial charge in [0.25, 0.3) is 5.91 Å². The third kappa shape index (κ3) is 3.48. The molecule has 2 aromatic carbocycles. The van der Waals surface area contributed by atoms with Gasteiger partial charge in [0.2, 0.25) is 0 Å². The molecule has 0 saturated carbocycles. The molecule has 1 unspecified atom stereocenters. The van der Waals surface area contributed by atoms with Crippen molar-refractivity contribution in [3.05, 3.63) is 72.8 Å². The second-order valence-corrected chi connectivity index (χ2v) is 6.17. The molecular weight excluding hydrogens is 314 g/mol. The molecule has 25 heavy (non-hydrogen) atoms. The maximum atomic E-state index is 12.9. The lowest BCUT2D eigenvalue weighted by atomic mass is 10.0. The summed E-state index contributed by atoms with van der Waals surface area (Å²) in [7, 11) is 1.35. The van der Waals surface area contributed by atoms with Gasteiger partial charge in [0.05, 0.1) is 7.11 Å². The quantitative estimate of drug-likeness (QED) is 0.634. The van der Waals surface area contributed by atoms with Gasteiger partial charge in [0, 0.05) is 12.1 Å². The van der Waals surface area contributed by atoms with Crippen molar-refractivity contribution >= 4 is 11.9 Å². The van der Waals surface area contributed by atoms with Crippen molar-refractivity contribution in [2.75, 3.05) is 13.7 Å². The molecule has 0 N–H and O–H groups in total. The van der Waals surface area contributed by atoms with Gasteiger partial charge in [0.15, 0.2) is 0 Å². The molecule has 4 nitrogen and oxygen atoms in total. The number of esters is 1. The molecule has 1 fully saturated rings. The van der Waals surface area contributed by atoms with E-state index in [0.717, 1.165) is 11.1 Å². The van der Waals surface area contributed by atoms with Crippen LogP contribution in [0.25, 0.3) is 11.1 Å². The minimum atomic E-state index is -0.547. The zero-order valence-corrected chi connectivity index (χ0v) is 14.2. The fraction of sp³-hybridized carbons (Fsp3) is 0.238. The third-order valence-corrected chi connectivity index (χ3v) is 4.64. The van der Waals surface area contributed by atoms with E-state index in [-0.39, 0.29) is 17.8 Å². The molecule has 0 spiro atoms. The van der Waals surface area contributed by atoms with Crippen LogP contribution in [0.5, 0.6) is 0 Å². The summed E-state index contributed by atoms with van der Waals surface area (Å²) in [6.45, 7) is 4.27. The molecular formula is C21H21NO3. The number of methoxy groups -OCH3 is 1. The van der Waals surface area contributed by atoms with Crippen LogP contribution in [0.2, 0.25) is 0 Å². The van der Waals surface area contributed by atoms with E-state index in [2.05, 4.69) is 6.58 Å². The van der Waals surface area contributed by atoms with Crippen molar-refractivity contribution in [1.82, 2.24) is 4.90 Å². The Hall–Kier alpha value is -2.88. The van der Waals surface area contributed by atoms with Crippen LogP contribution in [0.3, 0.4) is 0 Å². The van der Waals surface area contributed by atoms with Gasteiger partial charge in [0.1, 0.15) is 6.04 Å². The number of benzene rings is 2. The number of hydrogen-bond donors (Lipinski definition) is 0. The van der Waals surface area contributed by atoms with E-state index in [1.165, 1.54) is 7.11 Å². The zero-order chi connectivity index (χ0) is 17.8. The van der Waals surface area contributed by atoms with Gasteiger partial charge in [-0.1, -0.05) is 48.5 Å². The van der Waals surface area contributed by atoms with E-state index in [0.29, 0.717) is 18.5 Å². The monoisotopic (exact) mass is 335 g/mol. The normalized spacial score (nSPS) is 19.5. The van der Waals surface area contributed by atoms with E-state index in [4.69, 9.17) is 4.74 Å². The Bertz CT molecular complexity index is 767. The summed E-state index contributed by atoms with van der Waals surface area (Å²) in [5, 5.41) is 0. The van der Waals surface area contributed by atoms with Gasteiger partial charge >= 0.3 is 5.97 Å². The average Bonchev–Trinajstić information content (AvgIpc) is 3.12. The summed E-state index contributed by atoms with van der Waals surface area (Å²) in [5.74, 6) is -0.422. The van der Waals surface area contributed by atoms with Crippen molar-refractivity contribution in [1.29, 1.82) is 0 Å². The van der Waals surface area contributed by atoms with Gasteiger partial charge in [-0.2, -0.15) is 0 Å². The van der Waals surface area contributed by atoms with Gasteiger partial charge in [-0.3, -0.25) is 4.79 Å². The molecule has 3 rings (SSSR count). The Morgan fingerprint density at radius 2 is 1.72 bits per heavy atom. The molecule has 0 radical (unpaired) electrons. The topological polar surface area (TPSA) is 46.6 Å². The summed E-state index contributed by atoms with van der Waals surface area (Å²) < 4.78 is 4.85. The maximum absolute atomic E-state index is 12.9. The predicted octanol–water partition coefficient (Wildman–Crippen LogP) is 3.54. The van der Waals surface area contributed by atoms with Gasteiger partial charge < -0.3 is 9.64 Å². The lowest BCUT2D eigenvalue weighted by Gasteiger charge is -2.22. The van der Waals surface area contributed by atoms with E-state index >= 15 is 0 Å². The molecule has 0 aromatic heterocycles. The molecule has 1 saturated heterocycles. The van der Waals surface area contributed by atoms with E-state index in [9.17, 15) is 9.59 Å². The van der Waals surface area contributed by atoms with E-state index < -0.39 is 6.04 Å². The lowest BCUT2D eigenvalue weighted by Crippen LogP contribution is -2.41. The molecule has 0 aliphatic carbocycles. The van der Waals surface area contributed by atoms with Crippen LogP contribution in [0.15, 0.2) is 67.3 Å². The van der Waals surface area contributed by atoms with Crippen molar-refractivity contribution in [2.24, 2.45) is 5.92 Å². The number of likely N-dealkylation sites (tertiary alicyclic amines) is 1. The Morgan fingerprint density at radius 1 is 1.08 bits per heavy atom. The minimum Gasteiger partial charge on any atom is -0.467 e. The van der Waals surface area contributed by atoms with E-state index in [1.54, 1.807) is 23.1 Å². The van der Waals surface area contributed by atoms with Crippen molar-refractivity contribution in [2.45, 2.75) is 12.5 Å². The number of rotatable bonds is 4. The van der Waals surface area contributed by atoms with Crippen LogP contribution in [0, 0.1) is 5.92 Å². The Kier molecular flexibility index (Phi) is 4.98. The maximum Gasteiger partial charge on any atom is 0.328 e. The highest BCUT2D eigenvalue weighted by Gasteiger charge is 2.39. The first-order chi connectivity index (χ1) is 12.1. The summed E-state index contributed by atoms with van der Waals surface area (Å²) in [5.41, 5.74) is 2.71. The first-order valence-electron chi connectivity index (χ1n) is 8.31. The second kappa shape index (κ2) is 7.34. The lowest BCUT2D eigenvalue weighted by molar-refractivity contribution is -0.145. The number of carbonyl (C=O) groups is 2.